The molecule has 0 heterocycles. The van der Waals surface area contributed by atoms with Gasteiger partial charge < -0.3 is 15.8 Å². The smallest absolute Gasteiger partial charge is 0.363 e. The third-order valence-corrected chi connectivity index (χ3v) is 2.49. The number of hydrogen-bond acceptors (Lipinski definition) is 3. The fraction of sp³-hybridized carbons (Fsp3) is 0.500. The second-order valence-corrected chi connectivity index (χ2v) is 3.69. The first kappa shape index (κ1) is 11.3. The third-order valence-electron chi connectivity index (χ3n) is 1.15. The molecule has 0 aromatic carbocycles. The Bertz CT molecular complexity index is 194. The molecule has 0 radical (unpaired) electrons. The van der Waals surface area contributed by atoms with Gasteiger partial charge in [0.1, 0.15) is 0 Å². The van der Waals surface area contributed by atoms with Gasteiger partial charge in [-0.2, -0.15) is 0 Å². The molecule has 0 aliphatic heterocycles. The van der Waals surface area contributed by atoms with Crippen molar-refractivity contribution >= 4 is 16.8 Å². The lowest BCUT2D eigenvalue weighted by molar-refractivity contribution is -0.610. The number of carboxylic acid groups (broad SMARTS) is 1. The highest BCUT2D eigenvalue weighted by molar-refractivity contribution is 7.85. The van der Waals surface area contributed by atoms with E-state index in [1.165, 1.54) is 6.08 Å². The molecular weight excluding hydrogens is 182 g/mol. The van der Waals surface area contributed by atoms with Gasteiger partial charge in [0.05, 0.1) is 5.75 Å². The van der Waals surface area contributed by atoms with E-state index in [2.05, 4.69) is 6.58 Å². The molecule has 1 unspecified atom stereocenters. The molecule has 6 heteroatoms. The van der Waals surface area contributed by atoms with Crippen LogP contribution >= 0.6 is 0 Å². The summed E-state index contributed by atoms with van der Waals surface area (Å²) in [4.78, 5) is 10.3. The van der Waals surface area contributed by atoms with Crippen LogP contribution in [0.25, 0.3) is 0 Å². The molecule has 0 amide bonds. The summed E-state index contributed by atoms with van der Waals surface area (Å²) in [6.45, 7) is 3.35. The van der Waals surface area contributed by atoms with Crippen molar-refractivity contribution < 1.29 is 19.6 Å². The van der Waals surface area contributed by atoms with Crippen molar-refractivity contribution in [3.05, 3.63) is 17.9 Å². The molecule has 0 spiro atoms. The fourth-order valence-electron chi connectivity index (χ4n) is 0.569. The van der Waals surface area contributed by atoms with Gasteiger partial charge in [-0.15, -0.1) is 6.58 Å². The Balaban J connectivity index is 3.93. The predicted octanol–water partition coefficient (Wildman–Crippen LogP) is -1.56. The number of carbonyl (C=O) groups is 1. The summed E-state index contributed by atoms with van der Waals surface area (Å²) in [6, 6.07) is -1.16. The van der Waals surface area contributed by atoms with Crippen molar-refractivity contribution in [3.63, 3.8) is 0 Å². The molecule has 2 atom stereocenters. The van der Waals surface area contributed by atoms with Crippen molar-refractivity contribution in [2.75, 3.05) is 11.5 Å². The number of aliphatic carboxylic acids is 1. The highest BCUT2D eigenvalue weighted by Crippen LogP contribution is 1.87. The van der Waals surface area contributed by atoms with Crippen molar-refractivity contribution in [1.29, 1.82) is 0 Å². The molecule has 0 rings (SSSR count). The molecule has 0 aromatic heterocycles. The first-order valence-corrected chi connectivity index (χ1v) is 4.74. The van der Waals surface area contributed by atoms with Crippen LogP contribution in [0, 0.1) is 5.21 Å². The van der Waals surface area contributed by atoms with Gasteiger partial charge in [0, 0.05) is 16.6 Å². The molecule has 0 aliphatic carbocycles. The molecular formula is C6H11NO4S. The van der Waals surface area contributed by atoms with Crippen molar-refractivity contribution in [2.45, 2.75) is 6.04 Å². The second-order valence-electron chi connectivity index (χ2n) is 2.14. The van der Waals surface area contributed by atoms with E-state index in [9.17, 15) is 14.2 Å². The Labute approximate surface area is 72.5 Å². The van der Waals surface area contributed by atoms with Crippen LogP contribution in [0.4, 0.5) is 0 Å². The normalized spacial score (nSPS) is 15.1. The zero-order valence-electron chi connectivity index (χ0n) is 6.43. The zero-order chi connectivity index (χ0) is 9.56. The standard InChI is InChI=1S/C6H11NO4S/c1-2-3-12(11)4-5(7-10)6(8)9/h2,5H,1,3-4,7H2,(H,8,9)/t5-,12?/m0/s1. The van der Waals surface area contributed by atoms with Crippen LogP contribution in [-0.2, 0) is 15.6 Å². The Morgan fingerprint density at radius 3 is 2.75 bits per heavy atom. The van der Waals surface area contributed by atoms with Crippen LogP contribution in [-0.4, -0.2) is 32.8 Å². The lowest BCUT2D eigenvalue weighted by Gasteiger charge is -2.11. The number of hydrogen-bond donors (Lipinski definition) is 2. The lowest BCUT2D eigenvalue weighted by Crippen LogP contribution is -2.87. The molecule has 3 N–H and O–H groups in total. The molecule has 0 fully saturated rings. The maximum absolute atomic E-state index is 10.9. The molecule has 0 saturated carbocycles. The van der Waals surface area contributed by atoms with E-state index in [-0.39, 0.29) is 11.5 Å². The van der Waals surface area contributed by atoms with Crippen LogP contribution in [0.3, 0.4) is 0 Å². The average Bonchev–Trinajstić information content (AvgIpc) is 2.00. The highest BCUT2D eigenvalue weighted by Gasteiger charge is 2.19. The summed E-state index contributed by atoms with van der Waals surface area (Å²) in [7, 11) is -1.30. The van der Waals surface area contributed by atoms with Gasteiger partial charge in [-0.05, 0) is 0 Å². The summed E-state index contributed by atoms with van der Waals surface area (Å²) in [5, 5.41) is 18.5. The monoisotopic (exact) mass is 193 g/mol. The fourth-order valence-corrected chi connectivity index (χ4v) is 1.59. The summed E-state index contributed by atoms with van der Waals surface area (Å²) >= 11 is 0. The van der Waals surface area contributed by atoms with E-state index in [1.54, 1.807) is 0 Å². The van der Waals surface area contributed by atoms with Crippen LogP contribution in [0.1, 0.15) is 0 Å². The van der Waals surface area contributed by atoms with E-state index < -0.39 is 22.8 Å². The quantitative estimate of drug-likeness (QED) is 0.394. The first-order valence-electron chi connectivity index (χ1n) is 3.25. The Kier molecular flexibility index (Phi) is 5.52. The highest BCUT2D eigenvalue weighted by atomic mass is 32.2. The minimum Gasteiger partial charge on any atom is -0.635 e. The summed E-state index contributed by atoms with van der Waals surface area (Å²) in [6.07, 6.45) is 1.43. The number of carboxylic acids is 1. The molecule has 0 aromatic rings. The molecule has 12 heavy (non-hydrogen) atoms. The van der Waals surface area contributed by atoms with Crippen molar-refractivity contribution in [1.82, 2.24) is 0 Å². The summed E-state index contributed by atoms with van der Waals surface area (Å²) in [5.41, 5.74) is 0.295. The minimum absolute atomic E-state index is 0.134. The second kappa shape index (κ2) is 5.87. The largest absolute Gasteiger partial charge is 0.635 e. The van der Waals surface area contributed by atoms with Gasteiger partial charge in [0.2, 0.25) is 0 Å². The average molecular weight is 193 g/mol. The van der Waals surface area contributed by atoms with E-state index in [0.29, 0.717) is 5.48 Å². The Morgan fingerprint density at radius 1 is 1.83 bits per heavy atom. The van der Waals surface area contributed by atoms with Crippen LogP contribution < -0.4 is 5.48 Å². The topological polar surface area (TPSA) is 94.0 Å². The predicted molar refractivity (Wildman–Crippen MR) is 44.8 cm³/mol. The number of rotatable bonds is 6. The zero-order valence-corrected chi connectivity index (χ0v) is 7.25. The molecule has 5 nitrogen and oxygen atoms in total. The van der Waals surface area contributed by atoms with E-state index in [1.807, 2.05) is 0 Å². The van der Waals surface area contributed by atoms with Crippen LogP contribution in [0.15, 0.2) is 12.7 Å². The summed E-state index contributed by atoms with van der Waals surface area (Å²) < 4.78 is 10.9. The minimum atomic E-state index is -1.30. The van der Waals surface area contributed by atoms with Crippen molar-refractivity contribution in [2.24, 2.45) is 0 Å². The van der Waals surface area contributed by atoms with E-state index >= 15 is 0 Å². The van der Waals surface area contributed by atoms with Gasteiger partial charge in [-0.3, -0.25) is 4.21 Å². The number of quaternary nitrogens is 1. The third kappa shape index (κ3) is 4.22. The van der Waals surface area contributed by atoms with Gasteiger partial charge in [-0.25, -0.2) is 4.79 Å². The number of hydroxylamine groups is 1. The SMILES string of the molecule is C=CCS(=O)C[C@H]([NH2+][O-])C(=O)O. The van der Waals surface area contributed by atoms with Gasteiger partial charge >= 0.3 is 5.97 Å². The van der Waals surface area contributed by atoms with E-state index in [4.69, 9.17) is 5.11 Å². The van der Waals surface area contributed by atoms with Gasteiger partial charge in [0.15, 0.2) is 6.04 Å². The Morgan fingerprint density at radius 2 is 2.42 bits per heavy atom. The molecule has 0 aliphatic rings. The maximum atomic E-state index is 10.9. The molecule has 70 valence electrons. The lowest BCUT2D eigenvalue weighted by atomic mass is 10.4. The van der Waals surface area contributed by atoms with Gasteiger partial charge in [-0.1, -0.05) is 6.08 Å². The van der Waals surface area contributed by atoms with Crippen LogP contribution in [0.5, 0.6) is 0 Å². The van der Waals surface area contributed by atoms with Crippen molar-refractivity contribution in [3.8, 4) is 0 Å². The molecule has 0 saturated heterocycles. The van der Waals surface area contributed by atoms with E-state index in [0.717, 1.165) is 0 Å². The maximum Gasteiger partial charge on any atom is 0.363 e. The summed E-state index contributed by atoms with van der Waals surface area (Å²) in [5.74, 6) is -1.15. The van der Waals surface area contributed by atoms with Gasteiger partial charge in [0.25, 0.3) is 0 Å². The Hall–Kier alpha value is -0.720. The molecule has 0 bridgehead atoms. The number of nitrogens with two attached hydrogens (primary N) is 1. The first-order chi connectivity index (χ1) is 5.61. The van der Waals surface area contributed by atoms with Crippen LogP contribution in [0.2, 0.25) is 0 Å².